The summed E-state index contributed by atoms with van der Waals surface area (Å²) in [6.07, 6.45) is 0. The van der Waals surface area contributed by atoms with Crippen LogP contribution in [0.5, 0.6) is 11.6 Å². The molecule has 0 aliphatic heterocycles. The fourth-order valence-electron chi connectivity index (χ4n) is 3.58. The summed E-state index contributed by atoms with van der Waals surface area (Å²) in [5, 5.41) is 4.56. The van der Waals surface area contributed by atoms with E-state index in [4.69, 9.17) is 4.74 Å². The minimum absolute atomic E-state index is 0.0955. The maximum absolute atomic E-state index is 12.6. The average Bonchev–Trinajstić information content (AvgIpc) is 3.01. The van der Waals surface area contributed by atoms with E-state index in [1.165, 1.54) is 0 Å². The third-order valence-corrected chi connectivity index (χ3v) is 6.72. The molecule has 0 aliphatic carbocycles. The van der Waals surface area contributed by atoms with Crippen LogP contribution in [0.1, 0.15) is 33.9 Å². The standard InChI is InChI=1S/C25H27N5O3S/c1-16-7-6-8-21(13-16)15-34(31,32)29-22-9-11-23(12-10-22)33-25-14-24(26-20(5)27-25)30-19(4)17(2)18(3)28-30/h6-14,29H,15H2,1-5H3. The summed E-state index contributed by atoms with van der Waals surface area (Å²) in [7, 11) is -3.54. The smallest absolute Gasteiger partial charge is 0.236 e. The molecular weight excluding hydrogens is 450 g/mol. The van der Waals surface area contributed by atoms with Crippen molar-refractivity contribution in [2.75, 3.05) is 4.72 Å². The van der Waals surface area contributed by atoms with Crippen LogP contribution in [0.25, 0.3) is 5.82 Å². The highest BCUT2D eigenvalue weighted by atomic mass is 32.2. The molecule has 176 valence electrons. The van der Waals surface area contributed by atoms with Gasteiger partial charge in [-0.05, 0) is 70.0 Å². The number of aromatic nitrogens is 4. The second-order valence-electron chi connectivity index (χ2n) is 8.30. The van der Waals surface area contributed by atoms with Gasteiger partial charge in [0.05, 0.1) is 11.4 Å². The molecular formula is C25H27N5O3S. The van der Waals surface area contributed by atoms with Gasteiger partial charge in [-0.3, -0.25) is 4.72 Å². The second-order valence-corrected chi connectivity index (χ2v) is 10.0. The predicted octanol–water partition coefficient (Wildman–Crippen LogP) is 4.94. The van der Waals surface area contributed by atoms with Crippen molar-refractivity contribution in [3.63, 3.8) is 0 Å². The predicted molar refractivity (Wildman–Crippen MR) is 132 cm³/mol. The molecule has 2 heterocycles. The first kappa shape index (κ1) is 23.4. The Balaban J connectivity index is 1.48. The van der Waals surface area contributed by atoms with E-state index in [9.17, 15) is 8.42 Å². The number of rotatable bonds is 7. The van der Waals surface area contributed by atoms with Crippen molar-refractivity contribution in [2.45, 2.75) is 40.4 Å². The van der Waals surface area contributed by atoms with Crippen molar-refractivity contribution < 1.29 is 13.2 Å². The van der Waals surface area contributed by atoms with Crippen LogP contribution < -0.4 is 9.46 Å². The Hall–Kier alpha value is -3.72. The molecule has 0 saturated carbocycles. The molecule has 0 aliphatic rings. The van der Waals surface area contributed by atoms with E-state index in [-0.39, 0.29) is 5.75 Å². The van der Waals surface area contributed by atoms with Crippen LogP contribution in [-0.4, -0.2) is 28.2 Å². The maximum Gasteiger partial charge on any atom is 0.236 e. The molecule has 0 amide bonds. The Morgan fingerprint density at radius 3 is 2.32 bits per heavy atom. The molecule has 0 unspecified atom stereocenters. The van der Waals surface area contributed by atoms with E-state index in [0.717, 1.165) is 28.1 Å². The van der Waals surface area contributed by atoms with Gasteiger partial charge in [0.1, 0.15) is 11.6 Å². The molecule has 9 heteroatoms. The zero-order chi connectivity index (χ0) is 24.5. The summed E-state index contributed by atoms with van der Waals surface area (Å²) in [6.45, 7) is 9.70. The minimum atomic E-state index is -3.54. The molecule has 1 N–H and O–H groups in total. The zero-order valence-electron chi connectivity index (χ0n) is 19.8. The second kappa shape index (κ2) is 9.26. The van der Waals surface area contributed by atoms with Crippen molar-refractivity contribution in [1.82, 2.24) is 19.7 Å². The van der Waals surface area contributed by atoms with Crippen molar-refractivity contribution in [1.29, 1.82) is 0 Å². The number of hydrogen-bond donors (Lipinski definition) is 1. The number of nitrogens with one attached hydrogen (secondary N) is 1. The first-order valence-electron chi connectivity index (χ1n) is 10.8. The van der Waals surface area contributed by atoms with Gasteiger partial charge in [0.15, 0.2) is 5.82 Å². The zero-order valence-corrected chi connectivity index (χ0v) is 20.6. The van der Waals surface area contributed by atoms with Gasteiger partial charge < -0.3 is 4.74 Å². The number of aryl methyl sites for hydroxylation is 3. The van der Waals surface area contributed by atoms with E-state index in [1.807, 2.05) is 45.9 Å². The van der Waals surface area contributed by atoms with E-state index in [0.29, 0.717) is 29.0 Å². The lowest BCUT2D eigenvalue weighted by Gasteiger charge is -2.11. The molecule has 34 heavy (non-hydrogen) atoms. The number of ether oxygens (including phenoxy) is 1. The topological polar surface area (TPSA) is 99.0 Å². The SMILES string of the molecule is Cc1cccc(CS(=O)(=O)Nc2ccc(Oc3cc(-n4nc(C)c(C)c4C)nc(C)n3)cc2)c1. The molecule has 0 bridgehead atoms. The summed E-state index contributed by atoms with van der Waals surface area (Å²) < 4.78 is 35.4. The monoisotopic (exact) mass is 477 g/mol. The number of nitrogens with zero attached hydrogens (tertiary/aromatic N) is 4. The molecule has 4 aromatic rings. The van der Waals surface area contributed by atoms with Crippen molar-refractivity contribution >= 4 is 15.7 Å². The van der Waals surface area contributed by atoms with E-state index in [2.05, 4.69) is 19.8 Å². The number of hydrogen-bond acceptors (Lipinski definition) is 6. The summed E-state index contributed by atoms with van der Waals surface area (Å²) in [5.41, 5.74) is 5.27. The lowest BCUT2D eigenvalue weighted by molar-refractivity contribution is 0.459. The lowest BCUT2D eigenvalue weighted by atomic mass is 10.2. The van der Waals surface area contributed by atoms with Crippen LogP contribution in [0.2, 0.25) is 0 Å². The largest absolute Gasteiger partial charge is 0.439 e. The van der Waals surface area contributed by atoms with Crippen molar-refractivity contribution in [3.05, 3.63) is 88.5 Å². The molecule has 8 nitrogen and oxygen atoms in total. The molecule has 2 aromatic heterocycles. The molecule has 0 radical (unpaired) electrons. The summed E-state index contributed by atoms with van der Waals surface area (Å²) in [5.74, 6) is 1.98. The van der Waals surface area contributed by atoms with Gasteiger partial charge in [-0.25, -0.2) is 18.1 Å². The van der Waals surface area contributed by atoms with Crippen molar-refractivity contribution in [3.8, 4) is 17.4 Å². The van der Waals surface area contributed by atoms with Crippen LogP contribution in [0.4, 0.5) is 5.69 Å². The number of anilines is 1. The first-order chi connectivity index (χ1) is 16.1. The van der Waals surface area contributed by atoms with Gasteiger partial charge in [0, 0.05) is 17.4 Å². The quantitative estimate of drug-likeness (QED) is 0.405. The Labute approximate surface area is 199 Å². The minimum Gasteiger partial charge on any atom is -0.439 e. The molecule has 0 spiro atoms. The molecule has 0 fully saturated rings. The van der Waals surface area contributed by atoms with Crippen molar-refractivity contribution in [2.24, 2.45) is 0 Å². The van der Waals surface area contributed by atoms with E-state index < -0.39 is 10.0 Å². The lowest BCUT2D eigenvalue weighted by Crippen LogP contribution is -2.15. The molecule has 0 saturated heterocycles. The number of benzene rings is 2. The third kappa shape index (κ3) is 5.43. The van der Waals surface area contributed by atoms with Gasteiger partial charge in [-0.1, -0.05) is 29.8 Å². The van der Waals surface area contributed by atoms with E-state index >= 15 is 0 Å². The average molecular weight is 478 g/mol. The maximum atomic E-state index is 12.6. The van der Waals surface area contributed by atoms with Gasteiger partial charge in [0.25, 0.3) is 0 Å². The fraction of sp³-hybridized carbons (Fsp3) is 0.240. The summed E-state index contributed by atoms with van der Waals surface area (Å²) in [6, 6.07) is 15.9. The Bertz CT molecular complexity index is 1440. The Morgan fingerprint density at radius 1 is 0.941 bits per heavy atom. The number of sulfonamides is 1. The Kier molecular flexibility index (Phi) is 6.39. The third-order valence-electron chi connectivity index (χ3n) is 5.46. The van der Waals surface area contributed by atoms with Gasteiger partial charge >= 0.3 is 0 Å². The van der Waals surface area contributed by atoms with Crippen LogP contribution in [0.3, 0.4) is 0 Å². The van der Waals surface area contributed by atoms with E-state index in [1.54, 1.807) is 48.0 Å². The first-order valence-corrected chi connectivity index (χ1v) is 12.5. The van der Waals surface area contributed by atoms with Crippen LogP contribution in [-0.2, 0) is 15.8 Å². The highest BCUT2D eigenvalue weighted by molar-refractivity contribution is 7.91. The summed E-state index contributed by atoms with van der Waals surface area (Å²) in [4.78, 5) is 8.85. The Morgan fingerprint density at radius 2 is 1.68 bits per heavy atom. The highest BCUT2D eigenvalue weighted by Crippen LogP contribution is 2.25. The summed E-state index contributed by atoms with van der Waals surface area (Å²) >= 11 is 0. The highest BCUT2D eigenvalue weighted by Gasteiger charge is 2.14. The molecule has 4 rings (SSSR count). The fourth-order valence-corrected chi connectivity index (χ4v) is 4.76. The molecule has 0 atom stereocenters. The van der Waals surface area contributed by atoms with Crippen LogP contribution in [0, 0.1) is 34.6 Å². The molecule has 2 aromatic carbocycles. The normalized spacial score (nSPS) is 11.4. The van der Waals surface area contributed by atoms with Crippen LogP contribution in [0.15, 0.2) is 54.6 Å². The van der Waals surface area contributed by atoms with Crippen LogP contribution >= 0.6 is 0 Å². The van der Waals surface area contributed by atoms with Gasteiger partial charge in [-0.2, -0.15) is 10.1 Å². The van der Waals surface area contributed by atoms with Gasteiger partial charge in [0.2, 0.25) is 15.9 Å². The van der Waals surface area contributed by atoms with Gasteiger partial charge in [-0.15, -0.1) is 0 Å².